The van der Waals surface area contributed by atoms with E-state index in [4.69, 9.17) is 13.9 Å². The first-order chi connectivity index (χ1) is 18.3. The lowest BCUT2D eigenvalue weighted by molar-refractivity contribution is 0.0714. The van der Waals surface area contributed by atoms with Gasteiger partial charge in [-0.3, -0.25) is 9.59 Å². The molecule has 194 valence electrons. The summed E-state index contributed by atoms with van der Waals surface area (Å²) >= 11 is 0. The second kappa shape index (κ2) is 10.2. The number of carbonyl (C=O) groups excluding carboxylic acids is 1. The zero-order valence-corrected chi connectivity index (χ0v) is 21.5. The number of amides is 1. The fourth-order valence-electron chi connectivity index (χ4n) is 5.00. The summed E-state index contributed by atoms with van der Waals surface area (Å²) in [5.74, 6) is 0.268. The normalized spacial score (nSPS) is 14.6. The molecular formula is C31H28FNO5. The summed E-state index contributed by atoms with van der Waals surface area (Å²) in [5, 5.41) is 0.429. The van der Waals surface area contributed by atoms with Crippen molar-refractivity contribution in [2.75, 3.05) is 13.2 Å². The zero-order valence-electron chi connectivity index (χ0n) is 21.5. The van der Waals surface area contributed by atoms with Gasteiger partial charge >= 0.3 is 0 Å². The molecule has 0 radical (unpaired) electrons. The number of benzene rings is 3. The smallest absolute Gasteiger partial charge is 0.291 e. The third kappa shape index (κ3) is 4.45. The molecule has 0 bridgehead atoms. The topological polar surface area (TPSA) is 69.0 Å². The van der Waals surface area contributed by atoms with E-state index >= 15 is 0 Å². The summed E-state index contributed by atoms with van der Waals surface area (Å²) in [5.41, 5.74) is 3.52. The molecule has 0 saturated heterocycles. The van der Waals surface area contributed by atoms with Crippen LogP contribution in [0.25, 0.3) is 11.0 Å². The van der Waals surface area contributed by atoms with E-state index in [2.05, 4.69) is 6.58 Å². The summed E-state index contributed by atoms with van der Waals surface area (Å²) < 4.78 is 31.3. The van der Waals surface area contributed by atoms with Crippen molar-refractivity contribution in [2.45, 2.75) is 33.4 Å². The molecule has 1 atom stereocenters. The highest BCUT2D eigenvalue weighted by atomic mass is 19.1. The van der Waals surface area contributed by atoms with E-state index in [9.17, 15) is 14.0 Å². The number of fused-ring (bicyclic) bond motifs is 2. The highest BCUT2D eigenvalue weighted by molar-refractivity contribution is 5.99. The van der Waals surface area contributed by atoms with Gasteiger partial charge < -0.3 is 18.8 Å². The van der Waals surface area contributed by atoms with Crippen molar-refractivity contribution < 1.29 is 23.1 Å². The van der Waals surface area contributed by atoms with Crippen molar-refractivity contribution >= 4 is 16.9 Å². The van der Waals surface area contributed by atoms with Crippen molar-refractivity contribution in [3.05, 3.63) is 117 Å². The van der Waals surface area contributed by atoms with Crippen LogP contribution in [-0.2, 0) is 6.54 Å². The fraction of sp³-hybridized carbons (Fsp3) is 0.226. The Morgan fingerprint density at radius 2 is 1.79 bits per heavy atom. The number of nitrogens with zero attached hydrogens (tertiary/aromatic N) is 1. The lowest BCUT2D eigenvalue weighted by Crippen LogP contribution is -2.29. The van der Waals surface area contributed by atoms with E-state index in [1.54, 1.807) is 41.3 Å². The van der Waals surface area contributed by atoms with E-state index in [1.165, 1.54) is 12.1 Å². The Balaban J connectivity index is 1.71. The molecule has 0 N–H and O–H groups in total. The molecular weight excluding hydrogens is 485 g/mol. The molecule has 6 nitrogen and oxygen atoms in total. The molecule has 1 aromatic heterocycles. The van der Waals surface area contributed by atoms with Crippen molar-refractivity contribution in [3.63, 3.8) is 0 Å². The molecule has 7 heteroatoms. The second-order valence-electron chi connectivity index (χ2n) is 9.33. The van der Waals surface area contributed by atoms with Crippen molar-refractivity contribution in [2.24, 2.45) is 0 Å². The van der Waals surface area contributed by atoms with Crippen molar-refractivity contribution in [1.29, 1.82) is 0 Å². The maximum absolute atomic E-state index is 14.0. The van der Waals surface area contributed by atoms with Crippen LogP contribution >= 0.6 is 0 Å². The molecule has 0 spiro atoms. The van der Waals surface area contributed by atoms with E-state index < -0.39 is 11.9 Å². The quantitative estimate of drug-likeness (QED) is 0.260. The predicted molar refractivity (Wildman–Crippen MR) is 143 cm³/mol. The number of carbonyl (C=O) groups is 1. The predicted octanol–water partition coefficient (Wildman–Crippen LogP) is 6.26. The second-order valence-corrected chi connectivity index (χ2v) is 9.33. The van der Waals surface area contributed by atoms with Gasteiger partial charge in [-0.1, -0.05) is 36.9 Å². The lowest BCUT2D eigenvalue weighted by atomic mass is 9.96. The average molecular weight is 514 g/mol. The molecule has 0 fully saturated rings. The number of hydrogen-bond donors (Lipinski definition) is 0. The minimum Gasteiger partial charge on any atom is -0.490 e. The van der Waals surface area contributed by atoms with Gasteiger partial charge in [0.05, 0.1) is 23.6 Å². The number of ether oxygens (including phenoxy) is 2. The molecule has 0 aliphatic carbocycles. The summed E-state index contributed by atoms with van der Waals surface area (Å²) in [6.07, 6.45) is 1.64. The minimum atomic E-state index is -0.739. The van der Waals surface area contributed by atoms with Crippen LogP contribution in [0.4, 0.5) is 4.39 Å². The van der Waals surface area contributed by atoms with Gasteiger partial charge in [0.1, 0.15) is 18.0 Å². The minimum absolute atomic E-state index is 0.0199. The van der Waals surface area contributed by atoms with Gasteiger partial charge in [0, 0.05) is 6.54 Å². The molecule has 1 aliphatic rings. The molecule has 1 aliphatic heterocycles. The van der Waals surface area contributed by atoms with Gasteiger partial charge in [0.2, 0.25) is 5.76 Å². The number of rotatable bonds is 8. The molecule has 4 aromatic rings. The standard InChI is InChI=1S/C31H28FNO5/c1-5-13-37-24-12-9-21(16-25(24)36-6-2)27-26-28(34)23-15-18(3)14-19(4)29(23)38-30(26)31(35)33(27)17-20-7-10-22(32)11-8-20/h5,7-12,14-16,27H,1,6,13,17H2,2-4H3. The highest BCUT2D eigenvalue weighted by Gasteiger charge is 2.43. The molecule has 2 heterocycles. The molecule has 1 amide bonds. The highest BCUT2D eigenvalue weighted by Crippen LogP contribution is 2.42. The van der Waals surface area contributed by atoms with E-state index in [0.29, 0.717) is 41.2 Å². The SMILES string of the molecule is C=CCOc1ccc(C2c3c(oc4c(C)cc(C)cc4c3=O)C(=O)N2Cc2ccc(F)cc2)cc1OCC. The molecule has 5 rings (SSSR count). The largest absolute Gasteiger partial charge is 0.490 e. The Morgan fingerprint density at radius 3 is 2.50 bits per heavy atom. The molecule has 1 unspecified atom stereocenters. The lowest BCUT2D eigenvalue weighted by Gasteiger charge is -2.26. The molecule has 38 heavy (non-hydrogen) atoms. The van der Waals surface area contributed by atoms with Gasteiger partial charge in [0.25, 0.3) is 5.91 Å². The van der Waals surface area contributed by atoms with Crippen LogP contribution in [0.2, 0.25) is 0 Å². The average Bonchev–Trinajstić information content (AvgIpc) is 3.17. The maximum atomic E-state index is 14.0. The molecule has 3 aromatic carbocycles. The van der Waals surface area contributed by atoms with Crippen LogP contribution in [0.3, 0.4) is 0 Å². The van der Waals surface area contributed by atoms with Crippen LogP contribution in [0.5, 0.6) is 11.5 Å². The Morgan fingerprint density at radius 1 is 1.03 bits per heavy atom. The van der Waals surface area contributed by atoms with Gasteiger partial charge in [0.15, 0.2) is 16.9 Å². The van der Waals surface area contributed by atoms with Gasteiger partial charge in [-0.15, -0.1) is 0 Å². The van der Waals surface area contributed by atoms with Crippen LogP contribution < -0.4 is 14.9 Å². The van der Waals surface area contributed by atoms with Gasteiger partial charge in [-0.2, -0.15) is 0 Å². The van der Waals surface area contributed by atoms with Crippen molar-refractivity contribution in [1.82, 2.24) is 4.90 Å². The first-order valence-electron chi connectivity index (χ1n) is 12.5. The summed E-state index contributed by atoms with van der Waals surface area (Å²) in [6.45, 7) is 10.2. The first-order valence-corrected chi connectivity index (χ1v) is 12.5. The van der Waals surface area contributed by atoms with Gasteiger partial charge in [-0.05, 0) is 73.4 Å². The van der Waals surface area contributed by atoms with Crippen LogP contribution in [0.15, 0.2) is 76.5 Å². The Bertz CT molecular complexity index is 1610. The van der Waals surface area contributed by atoms with Crippen molar-refractivity contribution in [3.8, 4) is 11.5 Å². The zero-order chi connectivity index (χ0) is 27.0. The summed E-state index contributed by atoms with van der Waals surface area (Å²) in [4.78, 5) is 29.3. The van der Waals surface area contributed by atoms with Crippen LogP contribution in [0, 0.1) is 19.7 Å². The number of hydrogen-bond acceptors (Lipinski definition) is 5. The van der Waals surface area contributed by atoms with Crippen LogP contribution in [0.1, 0.15) is 51.3 Å². The molecule has 0 saturated carbocycles. The maximum Gasteiger partial charge on any atom is 0.291 e. The number of aryl methyl sites for hydroxylation is 2. The van der Waals surface area contributed by atoms with E-state index in [1.807, 2.05) is 32.9 Å². The third-order valence-corrected chi connectivity index (χ3v) is 6.60. The Labute approximate surface area is 219 Å². The Hall–Kier alpha value is -4.39. The summed E-state index contributed by atoms with van der Waals surface area (Å²) in [6, 6.07) is 14.3. The van der Waals surface area contributed by atoms with E-state index in [-0.39, 0.29) is 29.1 Å². The fourth-order valence-corrected chi connectivity index (χ4v) is 5.00. The third-order valence-electron chi connectivity index (χ3n) is 6.60. The van der Waals surface area contributed by atoms with Crippen LogP contribution in [-0.4, -0.2) is 24.0 Å². The number of halogens is 1. The van der Waals surface area contributed by atoms with E-state index in [0.717, 1.165) is 16.7 Å². The monoisotopic (exact) mass is 513 g/mol. The van der Waals surface area contributed by atoms with Gasteiger partial charge in [-0.25, -0.2) is 4.39 Å². The summed E-state index contributed by atoms with van der Waals surface area (Å²) in [7, 11) is 0. The first kappa shape index (κ1) is 25.3. The Kier molecular flexibility index (Phi) is 6.76.